The number of hydrogen-bond donors (Lipinski definition) is 1. The third-order valence-electron chi connectivity index (χ3n) is 3.99. The number of ether oxygens (including phenoxy) is 1. The van der Waals surface area contributed by atoms with Crippen molar-refractivity contribution in [2.24, 2.45) is 5.92 Å². The zero-order valence-electron chi connectivity index (χ0n) is 12.5. The summed E-state index contributed by atoms with van der Waals surface area (Å²) >= 11 is 5.70. The average molecular weight is 336 g/mol. The van der Waals surface area contributed by atoms with E-state index in [-0.39, 0.29) is 22.8 Å². The molecule has 0 spiro atoms. The molecule has 0 radical (unpaired) electrons. The van der Waals surface area contributed by atoms with Gasteiger partial charge in [0.15, 0.2) is 0 Å². The molecule has 6 heteroatoms. The fourth-order valence-corrected chi connectivity index (χ4v) is 2.95. The first-order chi connectivity index (χ1) is 10.4. The van der Waals surface area contributed by atoms with E-state index in [0.717, 1.165) is 44.8 Å². The maximum absolute atomic E-state index is 13.2. The van der Waals surface area contributed by atoms with Gasteiger partial charge >= 0.3 is 6.18 Å². The standard InChI is InChI=1S/C16H21ClF3NO/c1-2-3-4-14(11-7-8-21-10-11)22-15-6-5-12(17)9-13(15)16(18,19)20/h5-6,9,11,14,21H,2-4,7-8,10H2,1H3/t11-,14+/m0/s1. The molecule has 1 aromatic rings. The van der Waals surface area contributed by atoms with E-state index in [1.807, 2.05) is 0 Å². The molecule has 1 aliphatic heterocycles. The molecule has 2 nitrogen and oxygen atoms in total. The number of hydrogen-bond acceptors (Lipinski definition) is 2. The van der Waals surface area contributed by atoms with Crippen molar-refractivity contribution in [2.45, 2.75) is 44.9 Å². The summed E-state index contributed by atoms with van der Waals surface area (Å²) in [6.07, 6.45) is -1.03. The van der Waals surface area contributed by atoms with E-state index >= 15 is 0 Å². The molecule has 1 N–H and O–H groups in total. The molecule has 1 saturated heterocycles. The van der Waals surface area contributed by atoms with Crippen LogP contribution in [0.3, 0.4) is 0 Å². The first-order valence-electron chi connectivity index (χ1n) is 7.66. The van der Waals surface area contributed by atoms with Gasteiger partial charge in [-0.15, -0.1) is 0 Å². The van der Waals surface area contributed by atoms with Crippen molar-refractivity contribution in [1.29, 1.82) is 0 Å². The van der Waals surface area contributed by atoms with E-state index in [1.54, 1.807) is 0 Å². The van der Waals surface area contributed by atoms with Crippen LogP contribution in [-0.2, 0) is 6.18 Å². The van der Waals surface area contributed by atoms with Crippen LogP contribution in [0, 0.1) is 5.92 Å². The summed E-state index contributed by atoms with van der Waals surface area (Å²) in [5, 5.41) is 3.31. The molecule has 1 aromatic carbocycles. The minimum absolute atomic E-state index is 0.0623. The second-order valence-corrected chi connectivity index (χ2v) is 6.13. The lowest BCUT2D eigenvalue weighted by Crippen LogP contribution is -2.29. The van der Waals surface area contributed by atoms with Crippen LogP contribution in [0.5, 0.6) is 5.75 Å². The van der Waals surface area contributed by atoms with Gasteiger partial charge in [-0.2, -0.15) is 13.2 Å². The minimum Gasteiger partial charge on any atom is -0.489 e. The van der Waals surface area contributed by atoms with Crippen LogP contribution in [0.1, 0.15) is 38.2 Å². The van der Waals surface area contributed by atoms with Gasteiger partial charge < -0.3 is 10.1 Å². The van der Waals surface area contributed by atoms with Crippen LogP contribution in [0.4, 0.5) is 13.2 Å². The number of rotatable bonds is 6. The van der Waals surface area contributed by atoms with Gasteiger partial charge in [0, 0.05) is 17.5 Å². The molecule has 124 valence electrons. The number of halogens is 4. The summed E-state index contributed by atoms with van der Waals surface area (Å²) in [4.78, 5) is 0. The van der Waals surface area contributed by atoms with Crippen molar-refractivity contribution in [2.75, 3.05) is 13.1 Å². The van der Waals surface area contributed by atoms with E-state index in [1.165, 1.54) is 12.1 Å². The van der Waals surface area contributed by atoms with Crippen molar-refractivity contribution in [1.82, 2.24) is 5.32 Å². The Labute approximate surface area is 134 Å². The predicted molar refractivity (Wildman–Crippen MR) is 81.4 cm³/mol. The van der Waals surface area contributed by atoms with Gasteiger partial charge in [0.2, 0.25) is 0 Å². The molecule has 0 aliphatic carbocycles. The lowest BCUT2D eigenvalue weighted by Gasteiger charge is -2.26. The van der Waals surface area contributed by atoms with Crippen LogP contribution in [0.25, 0.3) is 0 Å². The topological polar surface area (TPSA) is 21.3 Å². The van der Waals surface area contributed by atoms with Crippen LogP contribution in [0.15, 0.2) is 18.2 Å². The van der Waals surface area contributed by atoms with E-state index < -0.39 is 11.7 Å². The molecule has 1 aliphatic rings. The fourth-order valence-electron chi connectivity index (χ4n) is 2.78. The summed E-state index contributed by atoms with van der Waals surface area (Å²) in [6.45, 7) is 3.75. The third kappa shape index (κ3) is 4.53. The average Bonchev–Trinajstić information content (AvgIpc) is 2.98. The van der Waals surface area contributed by atoms with Crippen LogP contribution >= 0.6 is 11.6 Å². The zero-order chi connectivity index (χ0) is 16.2. The highest BCUT2D eigenvalue weighted by molar-refractivity contribution is 6.30. The Kier molecular flexibility index (Phi) is 5.98. The normalized spacial score (nSPS) is 20.1. The largest absolute Gasteiger partial charge is 0.489 e. The highest BCUT2D eigenvalue weighted by Gasteiger charge is 2.36. The van der Waals surface area contributed by atoms with Crippen LogP contribution < -0.4 is 10.1 Å². The lowest BCUT2D eigenvalue weighted by molar-refractivity contribution is -0.139. The monoisotopic (exact) mass is 335 g/mol. The minimum atomic E-state index is -4.47. The van der Waals surface area contributed by atoms with Gasteiger partial charge in [-0.25, -0.2) is 0 Å². The maximum Gasteiger partial charge on any atom is 0.420 e. The van der Waals surface area contributed by atoms with Crippen molar-refractivity contribution in [3.05, 3.63) is 28.8 Å². The number of unbranched alkanes of at least 4 members (excludes halogenated alkanes) is 1. The lowest BCUT2D eigenvalue weighted by atomic mass is 9.96. The molecule has 2 rings (SSSR count). The molecule has 0 bridgehead atoms. The van der Waals surface area contributed by atoms with Crippen LogP contribution in [0.2, 0.25) is 5.02 Å². The van der Waals surface area contributed by atoms with Gasteiger partial charge in [0.1, 0.15) is 11.9 Å². The Morgan fingerprint density at radius 2 is 2.18 bits per heavy atom. The van der Waals surface area contributed by atoms with E-state index in [4.69, 9.17) is 16.3 Å². The molecule has 0 aromatic heterocycles. The van der Waals surface area contributed by atoms with Gasteiger partial charge in [-0.05, 0) is 37.6 Å². The predicted octanol–water partition coefficient (Wildman–Crippen LogP) is 4.91. The molecule has 2 atom stereocenters. The van der Waals surface area contributed by atoms with E-state index in [2.05, 4.69) is 12.2 Å². The first kappa shape index (κ1) is 17.4. The van der Waals surface area contributed by atoms with Gasteiger partial charge in [0.05, 0.1) is 5.56 Å². The van der Waals surface area contributed by atoms with Crippen LogP contribution in [-0.4, -0.2) is 19.2 Å². The molecule has 1 fully saturated rings. The van der Waals surface area contributed by atoms with E-state index in [0.29, 0.717) is 0 Å². The summed E-state index contributed by atoms with van der Waals surface area (Å²) < 4.78 is 45.3. The molecule has 1 heterocycles. The Morgan fingerprint density at radius 1 is 1.41 bits per heavy atom. The SMILES string of the molecule is CCCC[C@@H](Oc1ccc(Cl)cc1C(F)(F)F)[C@H]1CCNC1. The summed E-state index contributed by atoms with van der Waals surface area (Å²) in [5.74, 6) is 0.133. The molecule has 0 unspecified atom stereocenters. The Morgan fingerprint density at radius 3 is 2.77 bits per heavy atom. The highest BCUT2D eigenvalue weighted by Crippen LogP contribution is 2.39. The molecule has 22 heavy (non-hydrogen) atoms. The smallest absolute Gasteiger partial charge is 0.420 e. The number of benzene rings is 1. The fraction of sp³-hybridized carbons (Fsp3) is 0.625. The zero-order valence-corrected chi connectivity index (χ0v) is 13.3. The summed E-state index contributed by atoms with van der Waals surface area (Å²) in [5.41, 5.74) is -0.799. The van der Waals surface area contributed by atoms with Crippen molar-refractivity contribution >= 4 is 11.6 Å². The highest BCUT2D eigenvalue weighted by atomic mass is 35.5. The second-order valence-electron chi connectivity index (χ2n) is 5.69. The Balaban J connectivity index is 2.21. The molecule has 0 saturated carbocycles. The number of nitrogens with one attached hydrogen (secondary N) is 1. The van der Waals surface area contributed by atoms with Gasteiger partial charge in [0.25, 0.3) is 0 Å². The van der Waals surface area contributed by atoms with Gasteiger partial charge in [-0.3, -0.25) is 0 Å². The quantitative estimate of drug-likeness (QED) is 0.798. The number of alkyl halides is 3. The summed E-state index contributed by atoms with van der Waals surface area (Å²) in [7, 11) is 0. The molecule has 0 amide bonds. The first-order valence-corrected chi connectivity index (χ1v) is 8.03. The third-order valence-corrected chi connectivity index (χ3v) is 4.23. The van der Waals surface area contributed by atoms with E-state index in [9.17, 15) is 13.2 Å². The molecular weight excluding hydrogens is 315 g/mol. The Hall–Kier alpha value is -0.940. The second kappa shape index (κ2) is 7.55. The maximum atomic E-state index is 13.2. The van der Waals surface area contributed by atoms with Crippen molar-refractivity contribution < 1.29 is 17.9 Å². The Bertz CT molecular complexity index is 487. The van der Waals surface area contributed by atoms with Crippen molar-refractivity contribution in [3.8, 4) is 5.75 Å². The molecular formula is C16H21ClF3NO. The van der Waals surface area contributed by atoms with Crippen molar-refractivity contribution in [3.63, 3.8) is 0 Å². The van der Waals surface area contributed by atoms with Gasteiger partial charge in [-0.1, -0.05) is 31.4 Å². The summed E-state index contributed by atoms with van der Waals surface area (Å²) in [6, 6.07) is 3.70.